The Labute approximate surface area is 189 Å². The molecule has 5 nitrogen and oxygen atoms in total. The van der Waals surface area contributed by atoms with Crippen molar-refractivity contribution in [2.24, 2.45) is 5.92 Å². The molecule has 5 rings (SSSR count). The second-order valence-corrected chi connectivity index (χ2v) is 9.08. The zero-order chi connectivity index (χ0) is 21.9. The van der Waals surface area contributed by atoms with E-state index in [1.165, 1.54) is 40.7 Å². The van der Waals surface area contributed by atoms with Gasteiger partial charge in [-0.2, -0.15) is 0 Å². The third-order valence-electron chi connectivity index (χ3n) is 6.67. The fraction of sp³-hybridized carbons (Fsp3) is 0.444. The van der Waals surface area contributed by atoms with E-state index in [-0.39, 0.29) is 18.4 Å². The maximum Gasteiger partial charge on any atom is 0.286 e. The van der Waals surface area contributed by atoms with Gasteiger partial charge in [0.2, 0.25) is 6.29 Å². The van der Waals surface area contributed by atoms with Crippen LogP contribution >= 0.6 is 0 Å². The van der Waals surface area contributed by atoms with Crippen molar-refractivity contribution in [3.63, 3.8) is 0 Å². The Hall–Kier alpha value is -2.63. The van der Waals surface area contributed by atoms with E-state index in [4.69, 9.17) is 14.6 Å². The lowest BCUT2D eigenvalue weighted by Crippen LogP contribution is -2.34. The summed E-state index contributed by atoms with van der Waals surface area (Å²) >= 11 is 0. The number of unbranched alkanes of at least 4 members (excludes halogenated alkanes) is 1. The highest BCUT2D eigenvalue weighted by molar-refractivity contribution is 5.91. The number of aliphatic hydroxyl groups excluding tert-OH is 1. The number of allylic oxidation sites excluding steroid dienone is 1. The number of fused-ring (bicyclic) bond motifs is 3. The Morgan fingerprint density at radius 1 is 1.09 bits per heavy atom. The number of hydrogen-bond donors (Lipinski definition) is 2. The first kappa shape index (κ1) is 21.2. The zero-order valence-corrected chi connectivity index (χ0v) is 18.4. The lowest BCUT2D eigenvalue weighted by atomic mass is 9.87. The molecule has 2 atom stereocenters. The molecule has 2 aliphatic carbocycles. The molecule has 2 N–H and O–H groups in total. The molecule has 1 fully saturated rings. The second-order valence-electron chi connectivity index (χ2n) is 9.08. The van der Waals surface area contributed by atoms with Gasteiger partial charge in [-0.25, -0.2) is 0 Å². The molecule has 2 aromatic carbocycles. The van der Waals surface area contributed by atoms with Gasteiger partial charge in [0.05, 0.1) is 6.61 Å². The van der Waals surface area contributed by atoms with Gasteiger partial charge in [0.15, 0.2) is 5.76 Å². The molecule has 1 aliphatic heterocycles. The maximum absolute atomic E-state index is 12.8. The van der Waals surface area contributed by atoms with Crippen LogP contribution in [0.3, 0.4) is 0 Å². The van der Waals surface area contributed by atoms with Gasteiger partial charge >= 0.3 is 0 Å². The molecule has 0 unspecified atom stereocenters. The number of amides is 1. The van der Waals surface area contributed by atoms with Crippen LogP contribution in [0.25, 0.3) is 11.1 Å². The predicted octanol–water partition coefficient (Wildman–Crippen LogP) is 4.29. The van der Waals surface area contributed by atoms with Crippen molar-refractivity contribution < 1.29 is 19.4 Å². The summed E-state index contributed by atoms with van der Waals surface area (Å²) in [4.78, 5) is 12.8. The highest BCUT2D eigenvalue weighted by Crippen LogP contribution is 2.42. The topological polar surface area (TPSA) is 67.8 Å². The van der Waals surface area contributed by atoms with Crippen molar-refractivity contribution in [3.05, 3.63) is 71.0 Å². The molecule has 3 aliphatic rings. The average molecular weight is 434 g/mol. The minimum Gasteiger partial charge on any atom is -0.459 e. The summed E-state index contributed by atoms with van der Waals surface area (Å²) in [6.07, 6.45) is 6.95. The van der Waals surface area contributed by atoms with Gasteiger partial charge < -0.3 is 19.9 Å². The lowest BCUT2D eigenvalue weighted by Gasteiger charge is -2.30. The molecule has 0 saturated heterocycles. The van der Waals surface area contributed by atoms with Crippen LogP contribution in [0.5, 0.6) is 0 Å². The van der Waals surface area contributed by atoms with Crippen LogP contribution in [0.2, 0.25) is 0 Å². The molecule has 0 aromatic heterocycles. The van der Waals surface area contributed by atoms with Gasteiger partial charge in [0.1, 0.15) is 0 Å². The van der Waals surface area contributed by atoms with Crippen LogP contribution in [0.4, 0.5) is 0 Å². The van der Waals surface area contributed by atoms with Crippen LogP contribution in [0, 0.1) is 5.92 Å². The van der Waals surface area contributed by atoms with Crippen molar-refractivity contribution in [1.82, 2.24) is 5.32 Å². The highest BCUT2D eigenvalue weighted by Gasteiger charge is 2.32. The van der Waals surface area contributed by atoms with Crippen molar-refractivity contribution in [2.45, 2.75) is 50.7 Å². The van der Waals surface area contributed by atoms with E-state index < -0.39 is 6.29 Å². The summed E-state index contributed by atoms with van der Waals surface area (Å²) in [6.45, 7) is 1.37. The van der Waals surface area contributed by atoms with E-state index in [0.717, 1.165) is 12.8 Å². The summed E-state index contributed by atoms with van der Waals surface area (Å²) in [6, 6.07) is 15.1. The van der Waals surface area contributed by atoms with Gasteiger partial charge in [-0.15, -0.1) is 0 Å². The summed E-state index contributed by atoms with van der Waals surface area (Å²) in [5.41, 5.74) is 6.54. The first-order valence-electron chi connectivity index (χ1n) is 11.8. The summed E-state index contributed by atoms with van der Waals surface area (Å²) in [5, 5.41) is 12.1. The molecular weight excluding hydrogens is 402 g/mol. The number of carbonyl (C=O) groups is 1. The fourth-order valence-electron chi connectivity index (χ4n) is 4.74. The third kappa shape index (κ3) is 4.59. The Balaban J connectivity index is 1.39. The van der Waals surface area contributed by atoms with Crippen molar-refractivity contribution in [2.75, 3.05) is 19.8 Å². The van der Waals surface area contributed by atoms with Crippen LogP contribution in [0.15, 0.2) is 54.3 Å². The van der Waals surface area contributed by atoms with Gasteiger partial charge in [-0.3, -0.25) is 4.79 Å². The summed E-state index contributed by atoms with van der Waals surface area (Å²) in [5.74, 6) is 0.876. The Morgan fingerprint density at radius 2 is 1.94 bits per heavy atom. The SMILES string of the molecule is O=C(NCC1CC1)C1=C[C@H](c2cccc3c2Cc2ccccc2-3)C[C@H](OCCCCO)O1. The average Bonchev–Trinajstić information content (AvgIpc) is 3.58. The molecule has 0 bridgehead atoms. The second kappa shape index (κ2) is 9.47. The first-order chi connectivity index (χ1) is 15.7. The lowest BCUT2D eigenvalue weighted by molar-refractivity contribution is -0.146. The number of aliphatic hydroxyl groups is 1. The maximum atomic E-state index is 12.8. The first-order valence-corrected chi connectivity index (χ1v) is 11.8. The molecule has 0 radical (unpaired) electrons. The van der Waals surface area contributed by atoms with Crippen molar-refractivity contribution in [1.29, 1.82) is 0 Å². The van der Waals surface area contributed by atoms with Gasteiger partial charge in [0.25, 0.3) is 5.91 Å². The molecule has 168 valence electrons. The molecule has 1 saturated carbocycles. The minimum absolute atomic E-state index is 0.0533. The van der Waals surface area contributed by atoms with Crippen LogP contribution in [0.1, 0.15) is 54.7 Å². The van der Waals surface area contributed by atoms with Crippen molar-refractivity contribution in [3.8, 4) is 11.1 Å². The Kier molecular flexibility index (Phi) is 6.28. The highest BCUT2D eigenvalue weighted by atomic mass is 16.7. The van der Waals surface area contributed by atoms with Crippen molar-refractivity contribution >= 4 is 5.91 Å². The molecule has 32 heavy (non-hydrogen) atoms. The third-order valence-corrected chi connectivity index (χ3v) is 6.67. The Morgan fingerprint density at radius 3 is 2.78 bits per heavy atom. The fourth-order valence-corrected chi connectivity index (χ4v) is 4.74. The molecule has 0 spiro atoms. The van der Waals surface area contributed by atoms with Crippen LogP contribution in [-0.4, -0.2) is 37.1 Å². The van der Waals surface area contributed by atoms with Gasteiger partial charge in [-0.1, -0.05) is 42.5 Å². The standard InChI is InChI=1S/C27H31NO4/c29-12-3-4-13-31-26-16-20(15-25(32-26)27(30)28-17-18-10-11-18)22-8-5-9-23-21-7-2-1-6-19(21)14-24(22)23/h1-2,5-9,15,18,20,26,29H,3-4,10-14,16-17H2,(H,28,30)/t20-,26+/m0/s1. The van der Waals surface area contributed by atoms with Crippen LogP contribution < -0.4 is 5.32 Å². The number of hydrogen-bond acceptors (Lipinski definition) is 4. The number of ether oxygens (including phenoxy) is 2. The molecule has 1 amide bonds. The molecule has 5 heteroatoms. The van der Waals surface area contributed by atoms with Gasteiger partial charge in [-0.05, 0) is 71.9 Å². The number of rotatable bonds is 9. The monoisotopic (exact) mass is 433 g/mol. The number of benzene rings is 2. The van der Waals surface area contributed by atoms with E-state index in [1.807, 2.05) is 6.08 Å². The quantitative estimate of drug-likeness (QED) is 0.494. The largest absolute Gasteiger partial charge is 0.459 e. The summed E-state index contributed by atoms with van der Waals surface area (Å²) < 4.78 is 12.0. The predicted molar refractivity (Wildman–Crippen MR) is 123 cm³/mol. The van der Waals surface area contributed by atoms with E-state index in [2.05, 4.69) is 47.8 Å². The molecular formula is C27H31NO4. The molecule has 2 aromatic rings. The molecule has 1 heterocycles. The zero-order valence-electron chi connectivity index (χ0n) is 18.4. The number of carbonyl (C=O) groups excluding carboxylic acids is 1. The normalized spacial score (nSPS) is 21.3. The van der Waals surface area contributed by atoms with E-state index >= 15 is 0 Å². The van der Waals surface area contributed by atoms with Gasteiger partial charge in [0, 0.05) is 25.5 Å². The smallest absolute Gasteiger partial charge is 0.286 e. The van der Waals surface area contributed by atoms with E-state index in [9.17, 15) is 4.79 Å². The van der Waals surface area contributed by atoms with E-state index in [0.29, 0.717) is 37.7 Å². The summed E-state index contributed by atoms with van der Waals surface area (Å²) in [7, 11) is 0. The number of nitrogens with one attached hydrogen (secondary N) is 1. The van der Waals surface area contributed by atoms with Crippen LogP contribution in [-0.2, 0) is 20.7 Å². The van der Waals surface area contributed by atoms with E-state index in [1.54, 1.807) is 0 Å². The Bertz CT molecular complexity index is 1010. The minimum atomic E-state index is -0.468.